The zero-order chi connectivity index (χ0) is 47.1. The SMILES string of the molecule is Cc1cccc(C)c1C(=O)O.Cc1ccccc1C(=O)Oc1ccc(Cc2c(O)c3ccccc3oc2=O)cc1.O=C(O)c1ccc2cc(Cc3c(O)c4ccccc4oc3=O)ccc2c1. The molecule has 0 aliphatic heterocycles. The van der Waals surface area contributed by atoms with Gasteiger partial charge in [0.15, 0.2) is 0 Å². The van der Waals surface area contributed by atoms with E-state index in [9.17, 15) is 34.2 Å². The first-order chi connectivity index (χ1) is 31.7. The van der Waals surface area contributed by atoms with Gasteiger partial charge in [-0.25, -0.2) is 24.0 Å². The molecule has 2 heterocycles. The number of carboxylic acid groups (broad SMARTS) is 2. The van der Waals surface area contributed by atoms with Crippen molar-refractivity contribution < 1.29 is 48.4 Å². The summed E-state index contributed by atoms with van der Waals surface area (Å²) in [5.74, 6) is -2.00. The van der Waals surface area contributed by atoms with Crippen LogP contribution in [0.5, 0.6) is 17.2 Å². The van der Waals surface area contributed by atoms with Gasteiger partial charge < -0.3 is 34.0 Å². The van der Waals surface area contributed by atoms with E-state index < -0.39 is 29.2 Å². The summed E-state index contributed by atoms with van der Waals surface area (Å²) in [6.07, 6.45) is 0.417. The first-order valence-electron chi connectivity index (χ1n) is 20.6. The van der Waals surface area contributed by atoms with Gasteiger partial charge in [0.1, 0.15) is 28.4 Å². The third-order valence-electron chi connectivity index (χ3n) is 10.9. The maximum absolute atomic E-state index is 12.3. The molecule has 0 fully saturated rings. The quantitative estimate of drug-likeness (QED) is 0.0640. The number of aromatic carboxylic acids is 2. The standard InChI is InChI=1S/C24H18O5.C21H14O5.C9H10O2/c1-15-6-2-3-7-18(15)23(26)28-17-12-10-16(11-13-17)14-20-22(25)19-8-4-5-9-21(19)29-24(20)27;22-19-16-3-1-2-4-18(16)26-21(25)17(19)10-12-5-6-14-11-15(20(23)24)8-7-13(14)9-12;1-6-4-3-5-7(2)8(6)9(10)11/h2-13,25H,14H2,1H3;1-9,11,22H,10H2,(H,23,24);3-5H,1-2H3,(H,10,11). The van der Waals surface area contributed by atoms with Crippen LogP contribution in [0.4, 0.5) is 0 Å². The predicted molar refractivity (Wildman–Crippen MR) is 250 cm³/mol. The van der Waals surface area contributed by atoms with E-state index in [1.54, 1.807) is 129 Å². The number of hydrogen-bond donors (Lipinski definition) is 4. The van der Waals surface area contributed by atoms with Crippen LogP contribution < -0.4 is 16.0 Å². The van der Waals surface area contributed by atoms with Crippen molar-refractivity contribution in [1.29, 1.82) is 0 Å². The van der Waals surface area contributed by atoms with E-state index in [1.165, 1.54) is 6.07 Å². The van der Waals surface area contributed by atoms with Crippen LogP contribution >= 0.6 is 0 Å². The van der Waals surface area contributed by atoms with Crippen molar-refractivity contribution in [3.63, 3.8) is 0 Å². The molecule has 0 atom stereocenters. The Labute approximate surface area is 376 Å². The van der Waals surface area contributed by atoms with Crippen LogP contribution in [0.2, 0.25) is 0 Å². The Hall–Kier alpha value is -8.77. The Morgan fingerprint density at radius 1 is 0.515 bits per heavy atom. The summed E-state index contributed by atoms with van der Waals surface area (Å²) in [5.41, 5.74) is 5.16. The zero-order valence-corrected chi connectivity index (χ0v) is 35.9. The number of esters is 1. The van der Waals surface area contributed by atoms with E-state index in [0.717, 1.165) is 38.6 Å². The molecule has 0 amide bonds. The topological polar surface area (TPSA) is 202 Å². The highest BCUT2D eigenvalue weighted by Gasteiger charge is 2.17. The smallest absolute Gasteiger partial charge is 0.343 e. The molecule has 12 nitrogen and oxygen atoms in total. The number of fused-ring (bicyclic) bond motifs is 3. The van der Waals surface area contributed by atoms with Crippen LogP contribution in [0, 0.1) is 20.8 Å². The van der Waals surface area contributed by atoms with Crippen molar-refractivity contribution in [2.75, 3.05) is 0 Å². The molecule has 0 saturated carbocycles. The van der Waals surface area contributed by atoms with E-state index in [-0.39, 0.29) is 41.0 Å². The van der Waals surface area contributed by atoms with Crippen molar-refractivity contribution in [3.8, 4) is 17.2 Å². The Balaban J connectivity index is 0.000000161. The molecule has 0 bridgehead atoms. The largest absolute Gasteiger partial charge is 0.507 e. The Morgan fingerprint density at radius 2 is 1.00 bits per heavy atom. The van der Waals surface area contributed by atoms with E-state index in [4.69, 9.17) is 23.8 Å². The molecule has 9 rings (SSSR count). The molecule has 2 aromatic heterocycles. The first-order valence-corrected chi connectivity index (χ1v) is 20.6. The molecular weight excluding hydrogens is 841 g/mol. The lowest BCUT2D eigenvalue weighted by Crippen LogP contribution is -2.10. The molecular formula is C54H42O12. The highest BCUT2D eigenvalue weighted by atomic mass is 16.5. The maximum atomic E-state index is 12.3. The minimum atomic E-state index is -0.977. The van der Waals surface area contributed by atoms with Gasteiger partial charge in [-0.15, -0.1) is 0 Å². The van der Waals surface area contributed by atoms with Gasteiger partial charge in [-0.3, -0.25) is 0 Å². The van der Waals surface area contributed by atoms with Crippen LogP contribution in [-0.2, 0) is 12.8 Å². The van der Waals surface area contributed by atoms with E-state index >= 15 is 0 Å². The van der Waals surface area contributed by atoms with E-state index in [1.807, 2.05) is 37.3 Å². The number of aromatic hydroxyl groups is 2. The average Bonchev–Trinajstić information content (AvgIpc) is 3.30. The van der Waals surface area contributed by atoms with Crippen LogP contribution in [-0.4, -0.2) is 38.3 Å². The fourth-order valence-corrected chi connectivity index (χ4v) is 7.39. The van der Waals surface area contributed by atoms with E-state index in [2.05, 4.69) is 0 Å². The van der Waals surface area contributed by atoms with E-state index in [0.29, 0.717) is 38.8 Å². The minimum absolute atomic E-state index is 0.0711. The van der Waals surface area contributed by atoms with Gasteiger partial charge in [0.2, 0.25) is 0 Å². The number of rotatable bonds is 8. The van der Waals surface area contributed by atoms with Crippen LogP contribution in [0.25, 0.3) is 32.7 Å². The third kappa shape index (κ3) is 10.2. The maximum Gasteiger partial charge on any atom is 0.343 e. The van der Waals surface area contributed by atoms with Gasteiger partial charge in [0, 0.05) is 12.8 Å². The van der Waals surface area contributed by atoms with Crippen molar-refractivity contribution in [1.82, 2.24) is 0 Å². The van der Waals surface area contributed by atoms with Crippen molar-refractivity contribution in [2.24, 2.45) is 0 Å². The summed E-state index contributed by atoms with van der Waals surface area (Å²) in [6, 6.07) is 43.5. The molecule has 0 unspecified atom stereocenters. The fraction of sp³-hybridized carbons (Fsp3) is 0.0926. The summed E-state index contributed by atoms with van der Waals surface area (Å²) in [7, 11) is 0. The third-order valence-corrected chi connectivity index (χ3v) is 10.9. The number of para-hydroxylation sites is 2. The van der Waals surface area contributed by atoms with Gasteiger partial charge in [0.05, 0.1) is 38.6 Å². The van der Waals surface area contributed by atoms with Crippen molar-refractivity contribution >= 4 is 50.6 Å². The number of ether oxygens (including phenoxy) is 1. The predicted octanol–water partition coefficient (Wildman–Crippen LogP) is 10.6. The second-order valence-electron chi connectivity index (χ2n) is 15.4. The lowest BCUT2D eigenvalue weighted by atomic mass is 9.99. The van der Waals surface area contributed by atoms with Crippen molar-refractivity contribution in [3.05, 3.63) is 228 Å². The number of benzene rings is 7. The summed E-state index contributed by atoms with van der Waals surface area (Å²) in [6.45, 7) is 5.45. The molecule has 66 heavy (non-hydrogen) atoms. The molecule has 4 N–H and O–H groups in total. The number of hydrogen-bond acceptors (Lipinski definition) is 10. The minimum Gasteiger partial charge on any atom is -0.507 e. The average molecular weight is 883 g/mol. The summed E-state index contributed by atoms with van der Waals surface area (Å²) in [5, 5.41) is 41.4. The molecule has 7 aromatic carbocycles. The molecule has 0 aliphatic carbocycles. The second-order valence-corrected chi connectivity index (χ2v) is 15.4. The Morgan fingerprint density at radius 3 is 1.55 bits per heavy atom. The Kier molecular flexibility index (Phi) is 13.5. The van der Waals surface area contributed by atoms with Gasteiger partial charge >= 0.3 is 29.2 Å². The summed E-state index contributed by atoms with van der Waals surface area (Å²) >= 11 is 0. The highest BCUT2D eigenvalue weighted by molar-refractivity contribution is 5.95. The van der Waals surface area contributed by atoms with Gasteiger partial charge in [0.25, 0.3) is 0 Å². The van der Waals surface area contributed by atoms with Gasteiger partial charge in [-0.1, -0.05) is 97.1 Å². The van der Waals surface area contributed by atoms with Crippen LogP contribution in [0.3, 0.4) is 0 Å². The normalized spacial score (nSPS) is 10.7. The molecule has 330 valence electrons. The first kappa shape index (κ1) is 45.3. The van der Waals surface area contributed by atoms with Crippen LogP contribution in [0.15, 0.2) is 170 Å². The second kappa shape index (κ2) is 19.7. The van der Waals surface area contributed by atoms with Crippen molar-refractivity contribution in [2.45, 2.75) is 33.6 Å². The molecule has 12 heteroatoms. The summed E-state index contributed by atoms with van der Waals surface area (Å²) < 4.78 is 16.0. The lowest BCUT2D eigenvalue weighted by Gasteiger charge is -2.08. The number of carbonyl (C=O) groups excluding carboxylic acids is 1. The molecule has 0 saturated heterocycles. The fourth-order valence-electron chi connectivity index (χ4n) is 7.39. The monoisotopic (exact) mass is 882 g/mol. The molecule has 9 aromatic rings. The number of carboxylic acids is 2. The van der Waals surface area contributed by atoms with Gasteiger partial charge in [-0.05, 0) is 114 Å². The van der Waals surface area contributed by atoms with Gasteiger partial charge in [-0.2, -0.15) is 0 Å². The molecule has 0 radical (unpaired) electrons. The Bertz CT molecular complexity index is 3400. The molecule has 0 spiro atoms. The number of carbonyl (C=O) groups is 3. The molecule has 0 aliphatic rings. The van der Waals surface area contributed by atoms with Crippen LogP contribution in [0.1, 0.15) is 70.0 Å². The zero-order valence-electron chi connectivity index (χ0n) is 35.9. The lowest BCUT2D eigenvalue weighted by molar-refractivity contribution is 0.0685. The number of aryl methyl sites for hydroxylation is 3. The summed E-state index contributed by atoms with van der Waals surface area (Å²) in [4.78, 5) is 58.5. The highest BCUT2D eigenvalue weighted by Crippen LogP contribution is 2.30.